The SMILES string of the molecule is Cc1cc(C)c(C(=O)CCOc2ccccc2)cc1C. The highest BCUT2D eigenvalue weighted by Crippen LogP contribution is 2.17. The summed E-state index contributed by atoms with van der Waals surface area (Å²) in [6.07, 6.45) is 0.401. The molecule has 0 heterocycles. The number of aryl methyl sites for hydroxylation is 3. The van der Waals surface area contributed by atoms with E-state index in [-0.39, 0.29) is 5.78 Å². The van der Waals surface area contributed by atoms with Gasteiger partial charge in [-0.3, -0.25) is 4.79 Å². The zero-order chi connectivity index (χ0) is 14.5. The van der Waals surface area contributed by atoms with Crippen LogP contribution in [-0.4, -0.2) is 12.4 Å². The van der Waals surface area contributed by atoms with Crippen LogP contribution in [0.5, 0.6) is 5.75 Å². The van der Waals surface area contributed by atoms with E-state index in [1.165, 1.54) is 5.56 Å². The fraction of sp³-hybridized carbons (Fsp3) is 0.278. The van der Waals surface area contributed by atoms with Crippen LogP contribution in [0.4, 0.5) is 0 Å². The van der Waals surface area contributed by atoms with Gasteiger partial charge in [-0.1, -0.05) is 24.3 Å². The minimum absolute atomic E-state index is 0.140. The summed E-state index contributed by atoms with van der Waals surface area (Å²) in [4.78, 5) is 12.2. The number of hydrogen-bond acceptors (Lipinski definition) is 2. The van der Waals surface area contributed by atoms with Crippen LogP contribution < -0.4 is 4.74 Å². The first-order valence-electron chi connectivity index (χ1n) is 6.87. The van der Waals surface area contributed by atoms with Crippen molar-refractivity contribution in [2.45, 2.75) is 27.2 Å². The third-order valence-electron chi connectivity index (χ3n) is 3.48. The van der Waals surface area contributed by atoms with Crippen molar-refractivity contribution in [3.8, 4) is 5.75 Å². The third kappa shape index (κ3) is 3.47. The van der Waals surface area contributed by atoms with E-state index in [0.717, 1.165) is 22.4 Å². The molecule has 0 aliphatic carbocycles. The second kappa shape index (κ2) is 6.38. The zero-order valence-corrected chi connectivity index (χ0v) is 12.3. The van der Waals surface area contributed by atoms with E-state index in [1.807, 2.05) is 50.2 Å². The summed E-state index contributed by atoms with van der Waals surface area (Å²) < 4.78 is 5.57. The Hall–Kier alpha value is -2.09. The van der Waals surface area contributed by atoms with Gasteiger partial charge in [0.2, 0.25) is 0 Å². The van der Waals surface area contributed by atoms with Crippen molar-refractivity contribution in [2.75, 3.05) is 6.61 Å². The van der Waals surface area contributed by atoms with Crippen LogP contribution in [0.15, 0.2) is 42.5 Å². The Morgan fingerprint density at radius 2 is 1.60 bits per heavy atom. The van der Waals surface area contributed by atoms with E-state index in [1.54, 1.807) is 0 Å². The summed E-state index contributed by atoms with van der Waals surface area (Å²) in [5.74, 6) is 0.943. The predicted octanol–water partition coefficient (Wildman–Crippen LogP) is 4.26. The number of carbonyl (C=O) groups is 1. The van der Waals surface area contributed by atoms with Crippen LogP contribution in [0, 0.1) is 20.8 Å². The molecule has 0 bridgehead atoms. The molecule has 104 valence electrons. The molecule has 2 heteroatoms. The lowest BCUT2D eigenvalue weighted by atomic mass is 9.97. The van der Waals surface area contributed by atoms with Crippen LogP contribution in [0.3, 0.4) is 0 Å². The van der Waals surface area contributed by atoms with Gasteiger partial charge in [0, 0.05) is 12.0 Å². The van der Waals surface area contributed by atoms with E-state index in [9.17, 15) is 4.79 Å². The average molecular weight is 268 g/mol. The second-order valence-electron chi connectivity index (χ2n) is 5.09. The van der Waals surface area contributed by atoms with Crippen molar-refractivity contribution >= 4 is 5.78 Å². The molecule has 0 aromatic heterocycles. The van der Waals surface area contributed by atoms with Crippen molar-refractivity contribution in [3.05, 3.63) is 64.7 Å². The Balaban J connectivity index is 1.97. The quantitative estimate of drug-likeness (QED) is 0.757. The van der Waals surface area contributed by atoms with Gasteiger partial charge in [-0.25, -0.2) is 0 Å². The van der Waals surface area contributed by atoms with Gasteiger partial charge in [-0.15, -0.1) is 0 Å². The summed E-state index contributed by atoms with van der Waals surface area (Å²) in [6.45, 7) is 6.49. The first kappa shape index (κ1) is 14.3. The van der Waals surface area contributed by atoms with E-state index in [4.69, 9.17) is 4.74 Å². The van der Waals surface area contributed by atoms with Gasteiger partial charge in [-0.2, -0.15) is 0 Å². The standard InChI is InChI=1S/C18H20O2/c1-13-11-15(3)17(12-14(13)2)18(19)9-10-20-16-7-5-4-6-8-16/h4-8,11-12H,9-10H2,1-3H3. The largest absolute Gasteiger partial charge is 0.493 e. The summed E-state index contributed by atoms with van der Waals surface area (Å²) in [5, 5.41) is 0. The molecule has 0 radical (unpaired) electrons. The molecule has 0 spiro atoms. The number of ether oxygens (including phenoxy) is 1. The third-order valence-corrected chi connectivity index (χ3v) is 3.48. The maximum absolute atomic E-state index is 12.2. The molecule has 20 heavy (non-hydrogen) atoms. The van der Waals surface area contributed by atoms with Gasteiger partial charge in [0.25, 0.3) is 0 Å². The van der Waals surface area contributed by atoms with E-state index >= 15 is 0 Å². The first-order chi connectivity index (χ1) is 9.58. The van der Waals surface area contributed by atoms with Crippen molar-refractivity contribution < 1.29 is 9.53 Å². The molecule has 2 rings (SSSR count). The Morgan fingerprint density at radius 3 is 2.30 bits per heavy atom. The molecule has 0 atom stereocenters. The smallest absolute Gasteiger partial charge is 0.166 e. The molecule has 2 nitrogen and oxygen atoms in total. The lowest BCUT2D eigenvalue weighted by Crippen LogP contribution is -2.09. The van der Waals surface area contributed by atoms with E-state index in [2.05, 4.69) is 13.0 Å². The molecule has 2 aromatic rings. The number of benzene rings is 2. The summed E-state index contributed by atoms with van der Waals surface area (Å²) in [7, 11) is 0. The first-order valence-corrected chi connectivity index (χ1v) is 6.87. The molecular weight excluding hydrogens is 248 g/mol. The molecule has 0 fully saturated rings. The number of carbonyl (C=O) groups excluding carboxylic acids is 1. The van der Waals surface area contributed by atoms with Crippen LogP contribution in [0.25, 0.3) is 0 Å². The van der Waals surface area contributed by atoms with Crippen molar-refractivity contribution in [1.29, 1.82) is 0 Å². The number of rotatable bonds is 5. The molecule has 0 N–H and O–H groups in total. The van der Waals surface area contributed by atoms with Crippen molar-refractivity contribution in [3.63, 3.8) is 0 Å². The topological polar surface area (TPSA) is 26.3 Å². The minimum Gasteiger partial charge on any atom is -0.493 e. The molecular formula is C18H20O2. The lowest BCUT2D eigenvalue weighted by molar-refractivity contribution is 0.0961. The second-order valence-corrected chi connectivity index (χ2v) is 5.09. The van der Waals surface area contributed by atoms with Crippen molar-refractivity contribution in [1.82, 2.24) is 0 Å². The van der Waals surface area contributed by atoms with Gasteiger partial charge in [-0.05, 0) is 55.7 Å². The number of Topliss-reactive ketones (excluding diaryl/α,β-unsaturated/α-hetero) is 1. The molecule has 0 saturated heterocycles. The predicted molar refractivity (Wildman–Crippen MR) is 81.5 cm³/mol. The molecule has 0 amide bonds. The van der Waals surface area contributed by atoms with Gasteiger partial charge < -0.3 is 4.74 Å². The number of hydrogen-bond donors (Lipinski definition) is 0. The maximum atomic E-state index is 12.2. The summed E-state index contributed by atoms with van der Waals surface area (Å²) >= 11 is 0. The maximum Gasteiger partial charge on any atom is 0.166 e. The van der Waals surface area contributed by atoms with Crippen molar-refractivity contribution in [2.24, 2.45) is 0 Å². The van der Waals surface area contributed by atoms with Gasteiger partial charge in [0.05, 0.1) is 6.61 Å². The fourth-order valence-corrected chi connectivity index (χ4v) is 2.17. The fourth-order valence-electron chi connectivity index (χ4n) is 2.17. The highest BCUT2D eigenvalue weighted by Gasteiger charge is 2.10. The van der Waals surface area contributed by atoms with Gasteiger partial charge in [0.15, 0.2) is 5.78 Å². The Bertz CT molecular complexity index is 600. The average Bonchev–Trinajstić information content (AvgIpc) is 2.44. The van der Waals surface area contributed by atoms with Crippen LogP contribution in [0.2, 0.25) is 0 Å². The zero-order valence-electron chi connectivity index (χ0n) is 12.3. The van der Waals surface area contributed by atoms with Crippen LogP contribution in [0.1, 0.15) is 33.5 Å². The van der Waals surface area contributed by atoms with Gasteiger partial charge >= 0.3 is 0 Å². The molecule has 2 aromatic carbocycles. The van der Waals surface area contributed by atoms with E-state index < -0.39 is 0 Å². The number of ketones is 1. The highest BCUT2D eigenvalue weighted by atomic mass is 16.5. The van der Waals surface area contributed by atoms with E-state index in [0.29, 0.717) is 13.0 Å². The monoisotopic (exact) mass is 268 g/mol. The Labute approximate surface area is 120 Å². The molecule has 0 saturated carbocycles. The highest BCUT2D eigenvalue weighted by molar-refractivity contribution is 5.97. The molecule has 0 unspecified atom stereocenters. The summed E-state index contributed by atoms with van der Waals surface area (Å²) in [6, 6.07) is 13.6. The van der Waals surface area contributed by atoms with Crippen LogP contribution in [-0.2, 0) is 0 Å². The lowest BCUT2D eigenvalue weighted by Gasteiger charge is -2.10. The summed E-state index contributed by atoms with van der Waals surface area (Å²) in [5.41, 5.74) is 4.23. The van der Waals surface area contributed by atoms with Gasteiger partial charge in [0.1, 0.15) is 5.75 Å². The molecule has 0 aliphatic heterocycles. The number of para-hydroxylation sites is 1. The molecule has 0 aliphatic rings. The minimum atomic E-state index is 0.140. The Kier molecular flexibility index (Phi) is 4.57. The normalized spacial score (nSPS) is 10.3. The van der Waals surface area contributed by atoms with Crippen LogP contribution >= 0.6 is 0 Å². The Morgan fingerprint density at radius 1 is 0.950 bits per heavy atom.